The monoisotopic (exact) mass is 480 g/mol. The molecule has 4 rings (SSSR count). The van der Waals surface area contributed by atoms with Crippen molar-refractivity contribution >= 4 is 0 Å². The third kappa shape index (κ3) is 4.54. The van der Waals surface area contributed by atoms with Crippen LogP contribution in [0.3, 0.4) is 0 Å². The molecule has 3 aromatic carbocycles. The third-order valence-electron chi connectivity index (χ3n) is 5.01. The first kappa shape index (κ1) is 23.1. The number of rotatable bonds is 4. The van der Waals surface area contributed by atoms with Crippen LogP contribution in [0.2, 0.25) is 0 Å². The molecule has 0 aliphatic rings. The van der Waals surface area contributed by atoms with Crippen LogP contribution in [0, 0.1) is 0 Å². The summed E-state index contributed by atoms with van der Waals surface area (Å²) >= 11 is 0. The van der Waals surface area contributed by atoms with Crippen LogP contribution >= 0.6 is 0 Å². The normalized spacial score (nSPS) is 12.1. The van der Waals surface area contributed by atoms with Crippen LogP contribution in [-0.4, -0.2) is 12.4 Å². The number of nitrogens with zero attached hydrogens (tertiary/aromatic N) is 2. The predicted molar refractivity (Wildman–Crippen MR) is 105 cm³/mol. The zero-order valence-corrected chi connectivity index (χ0v) is 17.2. The fourth-order valence-electron chi connectivity index (χ4n) is 3.33. The second-order valence-electron chi connectivity index (χ2n) is 7.19. The SMILES string of the molecule is COc1ccc(-[n+]2noc([O-])c2-c2ccc(-c3cc(C(F)(F)F)cc(C(F)(F)F)c3)cc2)cc1. The van der Waals surface area contributed by atoms with Crippen LogP contribution in [0.4, 0.5) is 26.3 Å². The number of aromatic nitrogens is 2. The van der Waals surface area contributed by atoms with Crippen molar-refractivity contribution in [3.8, 4) is 39.8 Å². The maximum Gasteiger partial charge on any atom is 0.416 e. The van der Waals surface area contributed by atoms with Gasteiger partial charge in [-0.15, -0.1) is 0 Å². The van der Waals surface area contributed by atoms with E-state index >= 15 is 0 Å². The van der Waals surface area contributed by atoms with Crippen molar-refractivity contribution < 1.29 is 45.4 Å². The Labute approximate surface area is 188 Å². The van der Waals surface area contributed by atoms with E-state index in [4.69, 9.17) is 9.26 Å². The molecule has 0 saturated carbocycles. The Hall–Kier alpha value is -4.02. The van der Waals surface area contributed by atoms with Gasteiger partial charge in [-0.2, -0.15) is 26.3 Å². The van der Waals surface area contributed by atoms with Crippen LogP contribution < -0.4 is 14.5 Å². The summed E-state index contributed by atoms with van der Waals surface area (Å²) in [5.41, 5.74) is -2.21. The Balaban J connectivity index is 1.75. The van der Waals surface area contributed by atoms with Crippen molar-refractivity contribution in [3.05, 3.63) is 77.9 Å². The summed E-state index contributed by atoms with van der Waals surface area (Å²) in [5.74, 6) is -0.206. The molecule has 0 saturated heterocycles. The van der Waals surface area contributed by atoms with E-state index in [1.165, 1.54) is 36.1 Å². The van der Waals surface area contributed by atoms with Crippen molar-refractivity contribution in [1.82, 2.24) is 5.27 Å². The van der Waals surface area contributed by atoms with Gasteiger partial charge in [0.25, 0.3) is 5.69 Å². The summed E-state index contributed by atoms with van der Waals surface area (Å²) in [4.78, 5) is 0. The minimum atomic E-state index is -4.96. The molecule has 0 radical (unpaired) electrons. The van der Waals surface area contributed by atoms with Gasteiger partial charge in [0.15, 0.2) is 5.95 Å². The molecule has 0 unspecified atom stereocenters. The van der Waals surface area contributed by atoms with E-state index < -0.39 is 29.4 Å². The first-order valence-corrected chi connectivity index (χ1v) is 9.61. The lowest BCUT2D eigenvalue weighted by atomic mass is 9.98. The fourth-order valence-corrected chi connectivity index (χ4v) is 3.33. The van der Waals surface area contributed by atoms with Crippen molar-refractivity contribution in [2.24, 2.45) is 0 Å². The summed E-state index contributed by atoms with van der Waals surface area (Å²) in [7, 11) is 1.49. The highest BCUT2D eigenvalue weighted by atomic mass is 19.4. The molecule has 0 bridgehead atoms. The number of alkyl halides is 6. The molecule has 0 spiro atoms. The van der Waals surface area contributed by atoms with E-state index in [-0.39, 0.29) is 22.9 Å². The van der Waals surface area contributed by atoms with E-state index in [1.54, 1.807) is 24.3 Å². The van der Waals surface area contributed by atoms with Gasteiger partial charge in [0.2, 0.25) is 5.69 Å². The Morgan fingerprint density at radius 3 is 1.79 bits per heavy atom. The fraction of sp³-hybridized carbons (Fsp3) is 0.130. The molecule has 1 aromatic heterocycles. The molecule has 176 valence electrons. The van der Waals surface area contributed by atoms with Crippen LogP contribution in [0.5, 0.6) is 11.7 Å². The molecule has 0 atom stereocenters. The zero-order chi connectivity index (χ0) is 24.7. The highest BCUT2D eigenvalue weighted by Gasteiger charge is 2.37. The van der Waals surface area contributed by atoms with E-state index in [0.717, 1.165) is 0 Å². The van der Waals surface area contributed by atoms with E-state index in [1.807, 2.05) is 0 Å². The van der Waals surface area contributed by atoms with Gasteiger partial charge in [-0.1, -0.05) is 12.1 Å². The maximum absolute atomic E-state index is 13.2. The number of methoxy groups -OCH3 is 1. The van der Waals surface area contributed by atoms with Gasteiger partial charge in [-0.3, -0.25) is 0 Å². The second-order valence-corrected chi connectivity index (χ2v) is 7.19. The minimum absolute atomic E-state index is 0.0248. The van der Waals surface area contributed by atoms with Crippen LogP contribution in [0.25, 0.3) is 28.1 Å². The third-order valence-corrected chi connectivity index (χ3v) is 5.01. The van der Waals surface area contributed by atoms with Gasteiger partial charge in [-0.05, 0) is 58.3 Å². The Kier molecular flexibility index (Phi) is 5.72. The summed E-state index contributed by atoms with van der Waals surface area (Å²) < 4.78 is 90.1. The van der Waals surface area contributed by atoms with Crippen LogP contribution in [0.1, 0.15) is 11.1 Å². The minimum Gasteiger partial charge on any atom is -0.539 e. The average molecular weight is 480 g/mol. The molecule has 4 aromatic rings. The molecular weight excluding hydrogens is 466 g/mol. The smallest absolute Gasteiger partial charge is 0.416 e. The highest BCUT2D eigenvalue weighted by Crippen LogP contribution is 2.39. The molecule has 0 aliphatic carbocycles. The highest BCUT2D eigenvalue weighted by molar-refractivity contribution is 5.70. The lowest BCUT2D eigenvalue weighted by Crippen LogP contribution is -2.34. The van der Waals surface area contributed by atoms with E-state index in [0.29, 0.717) is 29.1 Å². The van der Waals surface area contributed by atoms with Gasteiger partial charge in [0, 0.05) is 12.1 Å². The average Bonchev–Trinajstić information content (AvgIpc) is 3.19. The molecule has 34 heavy (non-hydrogen) atoms. The first-order chi connectivity index (χ1) is 16.0. The first-order valence-electron chi connectivity index (χ1n) is 9.61. The summed E-state index contributed by atoms with van der Waals surface area (Å²) in [6, 6.07) is 13.3. The van der Waals surface area contributed by atoms with Crippen molar-refractivity contribution in [2.75, 3.05) is 7.11 Å². The zero-order valence-electron chi connectivity index (χ0n) is 17.2. The molecule has 0 aliphatic heterocycles. The Morgan fingerprint density at radius 2 is 1.29 bits per heavy atom. The molecule has 11 heteroatoms. The number of benzene rings is 3. The molecule has 1 heterocycles. The van der Waals surface area contributed by atoms with Gasteiger partial charge in [-0.25, -0.2) is 0 Å². The molecule has 0 amide bonds. The van der Waals surface area contributed by atoms with Crippen molar-refractivity contribution in [2.45, 2.75) is 12.4 Å². The Bertz CT molecular complexity index is 1280. The quantitative estimate of drug-likeness (QED) is 0.290. The standard InChI is InChI=1S/C23H14F6N2O3/c1-33-19-8-6-18(7-9-19)31-20(21(32)34-30-31)14-4-2-13(3-5-14)15-10-16(22(24,25)26)12-17(11-15)23(27,28)29/h2-12H,1H3. The van der Waals surface area contributed by atoms with Gasteiger partial charge < -0.3 is 14.4 Å². The summed E-state index contributed by atoms with van der Waals surface area (Å²) in [6.07, 6.45) is -9.92. The van der Waals surface area contributed by atoms with Gasteiger partial charge in [0.1, 0.15) is 5.75 Å². The lowest BCUT2D eigenvalue weighted by molar-refractivity contribution is -0.660. The number of halogens is 6. The number of ether oxygens (including phenoxy) is 1. The molecule has 0 N–H and O–H groups in total. The van der Waals surface area contributed by atoms with Crippen molar-refractivity contribution in [1.29, 1.82) is 0 Å². The Morgan fingerprint density at radius 1 is 0.765 bits per heavy atom. The largest absolute Gasteiger partial charge is 0.539 e. The van der Waals surface area contributed by atoms with Crippen molar-refractivity contribution in [3.63, 3.8) is 0 Å². The number of hydrogen-bond donors (Lipinski definition) is 0. The predicted octanol–water partition coefficient (Wildman–Crippen LogP) is 5.41. The number of hydrogen-bond acceptors (Lipinski definition) is 4. The van der Waals surface area contributed by atoms with E-state index in [9.17, 15) is 31.4 Å². The molecule has 5 nitrogen and oxygen atoms in total. The summed E-state index contributed by atoms with van der Waals surface area (Å²) in [6.45, 7) is 0. The van der Waals surface area contributed by atoms with Gasteiger partial charge >= 0.3 is 12.4 Å². The maximum atomic E-state index is 13.2. The van der Waals surface area contributed by atoms with Crippen LogP contribution in [0.15, 0.2) is 71.3 Å². The molecular formula is C23H14F6N2O3. The van der Waals surface area contributed by atoms with E-state index in [2.05, 4.69) is 5.27 Å². The second kappa shape index (κ2) is 8.40. The topological polar surface area (TPSA) is 62.2 Å². The summed E-state index contributed by atoms with van der Waals surface area (Å²) in [5, 5.41) is 16.0. The lowest BCUT2D eigenvalue weighted by Gasteiger charge is -2.14. The van der Waals surface area contributed by atoms with Gasteiger partial charge in [0.05, 0.1) is 29.1 Å². The molecule has 0 fully saturated rings. The van der Waals surface area contributed by atoms with Crippen LogP contribution in [-0.2, 0) is 12.4 Å².